The van der Waals surface area contributed by atoms with Crippen molar-refractivity contribution in [3.8, 4) is 0 Å². The van der Waals surface area contributed by atoms with Crippen LogP contribution in [0.1, 0.15) is 25.2 Å². The molecule has 0 fully saturated rings. The Morgan fingerprint density at radius 2 is 1.79 bits per heavy atom. The van der Waals surface area contributed by atoms with Crippen molar-refractivity contribution in [1.82, 2.24) is 9.80 Å². The summed E-state index contributed by atoms with van der Waals surface area (Å²) >= 11 is 0. The Morgan fingerprint density at radius 1 is 1.04 bits per heavy atom. The van der Waals surface area contributed by atoms with Gasteiger partial charge in [-0.2, -0.15) is 0 Å². The van der Waals surface area contributed by atoms with Crippen molar-refractivity contribution < 1.29 is 18.7 Å². The maximum absolute atomic E-state index is 13.0. The van der Waals surface area contributed by atoms with E-state index in [1.807, 2.05) is 56.3 Å². The van der Waals surface area contributed by atoms with E-state index >= 15 is 0 Å². The Labute approximate surface area is 167 Å². The van der Waals surface area contributed by atoms with Crippen molar-refractivity contribution in [3.63, 3.8) is 0 Å². The van der Waals surface area contributed by atoms with Crippen LogP contribution in [0.15, 0.2) is 53.1 Å². The highest BCUT2D eigenvalue weighted by molar-refractivity contribution is 5.85. The van der Waals surface area contributed by atoms with Crippen molar-refractivity contribution >= 4 is 11.8 Å². The van der Waals surface area contributed by atoms with E-state index in [1.165, 1.54) is 7.11 Å². The lowest BCUT2D eigenvalue weighted by Gasteiger charge is -2.28. The van der Waals surface area contributed by atoms with Crippen LogP contribution in [0.2, 0.25) is 0 Å². The van der Waals surface area contributed by atoms with Crippen LogP contribution in [0.4, 0.5) is 0 Å². The smallest absolute Gasteiger partial charge is 0.249 e. The molecule has 0 saturated carbocycles. The van der Waals surface area contributed by atoms with Crippen LogP contribution in [0.5, 0.6) is 0 Å². The molecule has 0 spiro atoms. The molecule has 0 aliphatic heterocycles. The van der Waals surface area contributed by atoms with E-state index in [4.69, 9.17) is 9.15 Å². The number of nitrogens with zero attached hydrogens (tertiary/aromatic N) is 2. The van der Waals surface area contributed by atoms with Crippen LogP contribution in [-0.2, 0) is 27.3 Å². The highest BCUT2D eigenvalue weighted by Gasteiger charge is 2.22. The van der Waals surface area contributed by atoms with Gasteiger partial charge >= 0.3 is 0 Å². The Kier molecular flexibility index (Phi) is 8.75. The molecule has 0 aliphatic carbocycles. The first-order chi connectivity index (χ1) is 13.5. The van der Waals surface area contributed by atoms with Crippen molar-refractivity contribution in [1.29, 1.82) is 0 Å². The van der Waals surface area contributed by atoms with Crippen molar-refractivity contribution in [2.45, 2.75) is 26.8 Å². The van der Waals surface area contributed by atoms with Crippen LogP contribution in [-0.4, -0.2) is 55.0 Å². The summed E-state index contributed by atoms with van der Waals surface area (Å²) in [7, 11) is 1.48. The lowest BCUT2D eigenvalue weighted by Crippen LogP contribution is -2.45. The fraction of sp³-hybridized carbons (Fsp3) is 0.455. The van der Waals surface area contributed by atoms with E-state index in [-0.39, 0.29) is 30.9 Å². The largest absolute Gasteiger partial charge is 0.467 e. The summed E-state index contributed by atoms with van der Waals surface area (Å²) in [6.07, 6.45) is 2.34. The predicted octanol–water partition coefficient (Wildman–Crippen LogP) is 2.98. The molecule has 1 aromatic heterocycles. The molecule has 2 rings (SSSR count). The summed E-state index contributed by atoms with van der Waals surface area (Å²) < 4.78 is 10.4. The molecular weight excluding hydrogens is 356 g/mol. The molecular formula is C22H30N2O4. The van der Waals surface area contributed by atoms with Gasteiger partial charge in [-0.3, -0.25) is 9.59 Å². The predicted molar refractivity (Wildman–Crippen MR) is 108 cm³/mol. The fourth-order valence-corrected chi connectivity index (χ4v) is 2.96. The second kappa shape index (κ2) is 11.3. The third-order valence-electron chi connectivity index (χ3n) is 4.32. The summed E-state index contributed by atoms with van der Waals surface area (Å²) in [5.74, 6) is 0.708. The van der Waals surface area contributed by atoms with Gasteiger partial charge in [0, 0.05) is 20.2 Å². The van der Waals surface area contributed by atoms with Crippen LogP contribution in [0, 0.1) is 5.92 Å². The first-order valence-corrected chi connectivity index (χ1v) is 9.60. The van der Waals surface area contributed by atoms with Gasteiger partial charge in [-0.15, -0.1) is 0 Å². The van der Waals surface area contributed by atoms with Gasteiger partial charge in [-0.05, 0) is 30.0 Å². The number of rotatable bonds is 11. The number of ether oxygens (including phenoxy) is 1. The number of benzene rings is 1. The first-order valence-electron chi connectivity index (χ1n) is 9.60. The number of methoxy groups -OCH3 is 1. The lowest BCUT2D eigenvalue weighted by molar-refractivity contribution is -0.143. The lowest BCUT2D eigenvalue weighted by atomic mass is 10.1. The molecule has 0 aliphatic rings. The SMILES string of the molecule is COCC(=O)N(CC(=O)N(CCc1ccccc1)Cc1ccco1)CC(C)C. The molecule has 1 heterocycles. The maximum atomic E-state index is 13.0. The van der Waals surface area contributed by atoms with Gasteiger partial charge < -0.3 is 19.0 Å². The molecule has 0 bridgehead atoms. The molecule has 0 saturated heterocycles. The zero-order chi connectivity index (χ0) is 20.4. The van der Waals surface area contributed by atoms with Gasteiger partial charge in [0.25, 0.3) is 0 Å². The topological polar surface area (TPSA) is 63.0 Å². The number of hydrogen-bond donors (Lipinski definition) is 0. The van der Waals surface area contributed by atoms with Crippen LogP contribution in [0.3, 0.4) is 0 Å². The zero-order valence-electron chi connectivity index (χ0n) is 17.0. The van der Waals surface area contributed by atoms with Crippen molar-refractivity contribution in [3.05, 3.63) is 60.1 Å². The van der Waals surface area contributed by atoms with E-state index in [2.05, 4.69) is 0 Å². The Hall–Kier alpha value is -2.60. The number of amides is 2. The zero-order valence-corrected chi connectivity index (χ0v) is 17.0. The summed E-state index contributed by atoms with van der Waals surface area (Å²) in [6, 6.07) is 13.7. The molecule has 0 atom stereocenters. The van der Waals surface area contributed by atoms with Crippen LogP contribution >= 0.6 is 0 Å². The molecule has 1 aromatic carbocycles. The number of carbonyl (C=O) groups is 2. The molecule has 2 amide bonds. The second-order valence-corrected chi connectivity index (χ2v) is 7.23. The van der Waals surface area contributed by atoms with Gasteiger partial charge in [-0.25, -0.2) is 0 Å². The molecule has 6 nitrogen and oxygen atoms in total. The number of furan rings is 1. The minimum Gasteiger partial charge on any atom is -0.467 e. The van der Waals surface area contributed by atoms with Gasteiger partial charge in [-0.1, -0.05) is 44.2 Å². The third-order valence-corrected chi connectivity index (χ3v) is 4.32. The molecule has 2 aromatic rings. The van der Waals surface area contributed by atoms with E-state index in [0.29, 0.717) is 19.6 Å². The molecule has 6 heteroatoms. The van der Waals surface area contributed by atoms with E-state index < -0.39 is 0 Å². The van der Waals surface area contributed by atoms with E-state index in [9.17, 15) is 9.59 Å². The minimum absolute atomic E-state index is 0.0256. The second-order valence-electron chi connectivity index (χ2n) is 7.23. The highest BCUT2D eigenvalue weighted by Crippen LogP contribution is 2.10. The molecule has 0 unspecified atom stereocenters. The quantitative estimate of drug-likeness (QED) is 0.596. The summed E-state index contributed by atoms with van der Waals surface area (Å²) in [4.78, 5) is 28.7. The minimum atomic E-state index is -0.175. The van der Waals surface area contributed by atoms with E-state index in [1.54, 1.807) is 16.1 Å². The van der Waals surface area contributed by atoms with Gasteiger partial charge in [0.15, 0.2) is 0 Å². The van der Waals surface area contributed by atoms with Crippen molar-refractivity contribution in [2.75, 3.05) is 33.4 Å². The van der Waals surface area contributed by atoms with E-state index in [0.717, 1.165) is 17.7 Å². The number of carbonyl (C=O) groups excluding carboxylic acids is 2. The Balaban J connectivity index is 2.07. The Morgan fingerprint density at radius 3 is 2.39 bits per heavy atom. The van der Waals surface area contributed by atoms with Crippen molar-refractivity contribution in [2.24, 2.45) is 5.92 Å². The molecule has 0 radical (unpaired) electrons. The highest BCUT2D eigenvalue weighted by atomic mass is 16.5. The monoisotopic (exact) mass is 386 g/mol. The number of hydrogen-bond acceptors (Lipinski definition) is 4. The summed E-state index contributed by atoms with van der Waals surface area (Å²) in [5, 5.41) is 0. The fourth-order valence-electron chi connectivity index (χ4n) is 2.96. The first kappa shape index (κ1) is 21.7. The average molecular weight is 386 g/mol. The summed E-state index contributed by atoms with van der Waals surface area (Å²) in [6.45, 7) is 5.50. The Bertz CT molecular complexity index is 713. The average Bonchev–Trinajstić information content (AvgIpc) is 3.18. The normalized spacial score (nSPS) is 10.9. The molecule has 28 heavy (non-hydrogen) atoms. The van der Waals surface area contributed by atoms with Crippen LogP contribution < -0.4 is 0 Å². The van der Waals surface area contributed by atoms with Gasteiger partial charge in [0.2, 0.25) is 11.8 Å². The van der Waals surface area contributed by atoms with Crippen LogP contribution in [0.25, 0.3) is 0 Å². The third kappa shape index (κ3) is 7.19. The van der Waals surface area contributed by atoms with Gasteiger partial charge in [0.1, 0.15) is 12.4 Å². The summed E-state index contributed by atoms with van der Waals surface area (Å²) in [5.41, 5.74) is 1.16. The molecule has 0 N–H and O–H groups in total. The molecule has 152 valence electrons. The maximum Gasteiger partial charge on any atom is 0.249 e. The van der Waals surface area contributed by atoms with Gasteiger partial charge in [0.05, 0.1) is 19.4 Å². The standard InChI is InChI=1S/C22H30N2O4/c1-18(2)14-24(22(26)17-27-3)16-21(25)23(15-20-10-7-13-28-20)12-11-19-8-5-4-6-9-19/h4-10,13,18H,11-12,14-17H2,1-3H3.